The SMILES string of the molecule is CNC1CC(c2nccs2)C1C. The third-order valence-electron chi connectivity index (χ3n) is 2.92. The van der Waals surface area contributed by atoms with Gasteiger partial charge in [-0.15, -0.1) is 11.3 Å². The number of hydrogen-bond acceptors (Lipinski definition) is 3. The van der Waals surface area contributed by atoms with Crippen molar-refractivity contribution in [1.82, 2.24) is 10.3 Å². The first-order chi connectivity index (χ1) is 5.83. The summed E-state index contributed by atoms with van der Waals surface area (Å²) in [6.07, 6.45) is 3.16. The molecule has 3 atom stereocenters. The fraction of sp³-hybridized carbons (Fsp3) is 0.667. The van der Waals surface area contributed by atoms with Crippen molar-refractivity contribution in [3.05, 3.63) is 16.6 Å². The second kappa shape index (κ2) is 3.15. The summed E-state index contributed by atoms with van der Waals surface area (Å²) in [6.45, 7) is 2.30. The smallest absolute Gasteiger partial charge is 0.0959 e. The van der Waals surface area contributed by atoms with Crippen molar-refractivity contribution in [1.29, 1.82) is 0 Å². The molecular formula is C9H14N2S. The molecule has 0 spiro atoms. The van der Waals surface area contributed by atoms with Crippen molar-refractivity contribution in [2.75, 3.05) is 7.05 Å². The summed E-state index contributed by atoms with van der Waals surface area (Å²) in [5.74, 6) is 1.46. The first-order valence-electron chi connectivity index (χ1n) is 4.39. The van der Waals surface area contributed by atoms with Gasteiger partial charge in [0.15, 0.2) is 0 Å². The quantitative estimate of drug-likeness (QED) is 0.755. The monoisotopic (exact) mass is 182 g/mol. The Morgan fingerprint density at radius 3 is 3.00 bits per heavy atom. The third-order valence-corrected chi connectivity index (χ3v) is 3.82. The highest BCUT2D eigenvalue weighted by Gasteiger charge is 2.38. The third kappa shape index (κ3) is 1.17. The van der Waals surface area contributed by atoms with Gasteiger partial charge in [0.2, 0.25) is 0 Å². The molecule has 1 aromatic rings. The number of nitrogens with zero attached hydrogens (tertiary/aromatic N) is 1. The molecule has 0 radical (unpaired) electrons. The molecule has 2 nitrogen and oxygen atoms in total. The number of aromatic nitrogens is 1. The van der Waals surface area contributed by atoms with Gasteiger partial charge in [0.05, 0.1) is 5.01 Å². The Hall–Kier alpha value is -0.410. The van der Waals surface area contributed by atoms with Crippen LogP contribution in [0.25, 0.3) is 0 Å². The maximum absolute atomic E-state index is 4.35. The highest BCUT2D eigenvalue weighted by molar-refractivity contribution is 7.09. The van der Waals surface area contributed by atoms with E-state index in [9.17, 15) is 0 Å². The molecule has 3 unspecified atom stereocenters. The molecule has 0 saturated heterocycles. The Labute approximate surface area is 77.0 Å². The van der Waals surface area contributed by atoms with E-state index >= 15 is 0 Å². The van der Waals surface area contributed by atoms with E-state index < -0.39 is 0 Å². The molecular weight excluding hydrogens is 168 g/mol. The minimum atomic E-state index is 0.707. The van der Waals surface area contributed by atoms with Crippen LogP contribution in [0.3, 0.4) is 0 Å². The van der Waals surface area contributed by atoms with Crippen LogP contribution in [0, 0.1) is 5.92 Å². The molecule has 0 aliphatic heterocycles. The number of hydrogen-bond donors (Lipinski definition) is 1. The van der Waals surface area contributed by atoms with Crippen molar-refractivity contribution in [2.45, 2.75) is 25.3 Å². The van der Waals surface area contributed by atoms with Crippen LogP contribution in [0.5, 0.6) is 0 Å². The lowest BCUT2D eigenvalue weighted by molar-refractivity contribution is 0.194. The number of rotatable bonds is 2. The maximum Gasteiger partial charge on any atom is 0.0959 e. The zero-order chi connectivity index (χ0) is 8.55. The Morgan fingerprint density at radius 2 is 2.50 bits per heavy atom. The Balaban J connectivity index is 2.02. The molecule has 1 aliphatic rings. The summed E-state index contributed by atoms with van der Waals surface area (Å²) in [4.78, 5) is 4.35. The Bertz CT molecular complexity index is 245. The van der Waals surface area contributed by atoms with Gasteiger partial charge in [-0.05, 0) is 19.4 Å². The number of nitrogens with one attached hydrogen (secondary N) is 1. The Kier molecular flexibility index (Phi) is 2.15. The summed E-state index contributed by atoms with van der Waals surface area (Å²) >= 11 is 1.78. The van der Waals surface area contributed by atoms with E-state index in [4.69, 9.17) is 0 Å². The summed E-state index contributed by atoms with van der Waals surface area (Å²) in [5.41, 5.74) is 0. The molecule has 1 aromatic heterocycles. The molecule has 1 saturated carbocycles. The molecule has 0 aromatic carbocycles. The van der Waals surface area contributed by atoms with E-state index in [1.807, 2.05) is 13.2 Å². The van der Waals surface area contributed by atoms with Crippen molar-refractivity contribution < 1.29 is 0 Å². The second-order valence-corrected chi connectivity index (χ2v) is 4.39. The van der Waals surface area contributed by atoms with Gasteiger partial charge in [-0.25, -0.2) is 4.98 Å². The van der Waals surface area contributed by atoms with Gasteiger partial charge in [-0.2, -0.15) is 0 Å². The van der Waals surface area contributed by atoms with Gasteiger partial charge in [-0.3, -0.25) is 0 Å². The minimum absolute atomic E-state index is 0.707. The fourth-order valence-corrected chi connectivity index (χ4v) is 2.78. The predicted octanol–water partition coefficient (Wildman–Crippen LogP) is 1.85. The van der Waals surface area contributed by atoms with Gasteiger partial charge in [0.25, 0.3) is 0 Å². The van der Waals surface area contributed by atoms with Crippen LogP contribution in [0.15, 0.2) is 11.6 Å². The summed E-state index contributed by atoms with van der Waals surface area (Å²) in [6, 6.07) is 0.707. The van der Waals surface area contributed by atoms with E-state index in [1.165, 1.54) is 11.4 Å². The molecule has 1 N–H and O–H groups in total. The van der Waals surface area contributed by atoms with Crippen LogP contribution in [-0.4, -0.2) is 18.1 Å². The maximum atomic E-state index is 4.35. The van der Waals surface area contributed by atoms with Gasteiger partial charge < -0.3 is 5.32 Å². The van der Waals surface area contributed by atoms with Gasteiger partial charge in [0, 0.05) is 23.5 Å². The molecule has 0 amide bonds. The van der Waals surface area contributed by atoms with Gasteiger partial charge >= 0.3 is 0 Å². The number of thiazole rings is 1. The van der Waals surface area contributed by atoms with Crippen LogP contribution >= 0.6 is 11.3 Å². The van der Waals surface area contributed by atoms with E-state index in [2.05, 4.69) is 22.6 Å². The van der Waals surface area contributed by atoms with Crippen LogP contribution in [0.2, 0.25) is 0 Å². The average molecular weight is 182 g/mol. The van der Waals surface area contributed by atoms with E-state index in [-0.39, 0.29) is 0 Å². The molecule has 3 heteroatoms. The molecule has 1 heterocycles. The normalized spacial score (nSPS) is 34.7. The van der Waals surface area contributed by atoms with E-state index in [0.717, 1.165) is 5.92 Å². The minimum Gasteiger partial charge on any atom is -0.317 e. The second-order valence-electron chi connectivity index (χ2n) is 3.47. The van der Waals surface area contributed by atoms with E-state index in [1.54, 1.807) is 11.3 Å². The van der Waals surface area contributed by atoms with Gasteiger partial charge in [0.1, 0.15) is 0 Å². The molecule has 1 fully saturated rings. The van der Waals surface area contributed by atoms with Gasteiger partial charge in [-0.1, -0.05) is 6.92 Å². The van der Waals surface area contributed by atoms with Crippen molar-refractivity contribution in [2.24, 2.45) is 5.92 Å². The molecule has 2 rings (SSSR count). The zero-order valence-corrected chi connectivity index (χ0v) is 8.27. The topological polar surface area (TPSA) is 24.9 Å². The summed E-state index contributed by atoms with van der Waals surface area (Å²) in [5, 5.41) is 6.70. The largest absolute Gasteiger partial charge is 0.317 e. The lowest BCUT2D eigenvalue weighted by Crippen LogP contribution is -2.46. The van der Waals surface area contributed by atoms with Crippen LogP contribution in [0.1, 0.15) is 24.3 Å². The standard InChI is InChI=1S/C9H14N2S/c1-6-7(5-8(6)10-2)9-11-3-4-12-9/h3-4,6-8,10H,5H2,1-2H3. The molecule has 0 bridgehead atoms. The molecule has 66 valence electrons. The first-order valence-corrected chi connectivity index (χ1v) is 5.27. The summed E-state index contributed by atoms with van der Waals surface area (Å²) in [7, 11) is 2.04. The lowest BCUT2D eigenvalue weighted by atomic mass is 9.71. The average Bonchev–Trinajstić information content (AvgIpc) is 2.55. The lowest BCUT2D eigenvalue weighted by Gasteiger charge is -2.41. The van der Waals surface area contributed by atoms with E-state index in [0.29, 0.717) is 12.0 Å². The van der Waals surface area contributed by atoms with Crippen molar-refractivity contribution >= 4 is 11.3 Å². The van der Waals surface area contributed by atoms with Crippen molar-refractivity contribution in [3.8, 4) is 0 Å². The first kappa shape index (κ1) is 8.20. The van der Waals surface area contributed by atoms with Crippen LogP contribution in [0.4, 0.5) is 0 Å². The fourth-order valence-electron chi connectivity index (χ4n) is 1.91. The van der Waals surface area contributed by atoms with Crippen LogP contribution < -0.4 is 5.32 Å². The van der Waals surface area contributed by atoms with Crippen molar-refractivity contribution in [3.63, 3.8) is 0 Å². The molecule has 12 heavy (non-hydrogen) atoms. The highest BCUT2D eigenvalue weighted by Crippen LogP contribution is 2.42. The zero-order valence-electron chi connectivity index (χ0n) is 7.45. The predicted molar refractivity (Wildman–Crippen MR) is 51.5 cm³/mol. The molecule has 1 aliphatic carbocycles. The summed E-state index contributed by atoms with van der Waals surface area (Å²) < 4.78 is 0. The van der Waals surface area contributed by atoms with Crippen LogP contribution in [-0.2, 0) is 0 Å². The highest BCUT2D eigenvalue weighted by atomic mass is 32.1. The Morgan fingerprint density at radius 1 is 1.67 bits per heavy atom.